The Labute approximate surface area is 184 Å². The fourth-order valence-corrected chi connectivity index (χ4v) is 6.20. The average Bonchev–Trinajstić information content (AvgIpc) is 3.42. The van der Waals surface area contributed by atoms with Crippen molar-refractivity contribution >= 4 is 38.1 Å². The number of hydrogen-bond acceptors (Lipinski definition) is 6. The predicted molar refractivity (Wildman–Crippen MR) is 119 cm³/mol. The molecule has 10 heteroatoms. The second kappa shape index (κ2) is 7.83. The van der Waals surface area contributed by atoms with Crippen LogP contribution in [0, 0.1) is 18.3 Å². The van der Waals surface area contributed by atoms with Crippen molar-refractivity contribution in [2.24, 2.45) is 7.05 Å². The first-order chi connectivity index (χ1) is 14.7. The van der Waals surface area contributed by atoms with E-state index in [1.165, 1.54) is 41.4 Å². The molecule has 160 valence electrons. The van der Waals surface area contributed by atoms with E-state index in [4.69, 9.17) is 0 Å². The molecule has 0 atom stereocenters. The molecule has 0 bridgehead atoms. The van der Waals surface area contributed by atoms with Gasteiger partial charge in [0.15, 0.2) is 5.82 Å². The van der Waals surface area contributed by atoms with Crippen LogP contribution in [-0.4, -0.2) is 31.2 Å². The lowest BCUT2D eigenvalue weighted by Crippen LogP contribution is -2.30. The number of benzene rings is 1. The van der Waals surface area contributed by atoms with E-state index in [-0.39, 0.29) is 16.3 Å². The predicted octanol–water partition coefficient (Wildman–Crippen LogP) is 3.23. The fraction of sp³-hybridized carbons (Fsp3) is 0.286. The van der Waals surface area contributed by atoms with Gasteiger partial charge in [-0.05, 0) is 43.9 Å². The largest absolute Gasteiger partial charge is 0.312 e. The number of rotatable bonds is 5. The maximum Gasteiger partial charge on any atom is 0.265 e. The molecule has 3 aromatic rings. The maximum absolute atomic E-state index is 13.1. The summed E-state index contributed by atoms with van der Waals surface area (Å²) < 4.78 is 28.7. The number of hydrogen-bond donors (Lipinski definition) is 1. The Balaban J connectivity index is 1.67. The van der Waals surface area contributed by atoms with Crippen LogP contribution >= 0.6 is 11.3 Å². The summed E-state index contributed by atoms with van der Waals surface area (Å²) in [6.07, 6.45) is 4.08. The van der Waals surface area contributed by atoms with Crippen molar-refractivity contribution < 1.29 is 13.2 Å². The van der Waals surface area contributed by atoms with Crippen LogP contribution in [0.2, 0.25) is 0 Å². The highest BCUT2D eigenvalue weighted by Gasteiger charge is 2.30. The summed E-state index contributed by atoms with van der Waals surface area (Å²) in [6, 6.07) is 8.70. The zero-order valence-corrected chi connectivity index (χ0v) is 19.0. The molecule has 2 aromatic heterocycles. The Morgan fingerprint density at radius 1 is 1.29 bits per heavy atom. The van der Waals surface area contributed by atoms with E-state index < -0.39 is 15.9 Å². The third kappa shape index (κ3) is 3.60. The van der Waals surface area contributed by atoms with Crippen molar-refractivity contribution in [3.05, 3.63) is 57.6 Å². The molecule has 31 heavy (non-hydrogen) atoms. The molecule has 0 saturated heterocycles. The number of carbonyl (C=O) groups excluding carboxylic acids is 1. The molecule has 0 fully saturated rings. The van der Waals surface area contributed by atoms with Gasteiger partial charge in [-0.1, -0.05) is 17.7 Å². The first-order valence-electron chi connectivity index (χ1n) is 9.67. The number of aryl methyl sites for hydroxylation is 3. The number of carbonyl (C=O) groups is 1. The molecule has 4 rings (SSSR count). The quantitative estimate of drug-likeness (QED) is 0.635. The van der Waals surface area contributed by atoms with Crippen LogP contribution in [0.3, 0.4) is 0 Å². The van der Waals surface area contributed by atoms with Crippen molar-refractivity contribution in [2.75, 3.05) is 16.7 Å². The smallest absolute Gasteiger partial charge is 0.265 e. The molecule has 0 aliphatic heterocycles. The van der Waals surface area contributed by atoms with Crippen LogP contribution in [0.15, 0.2) is 35.4 Å². The molecule has 1 aliphatic rings. The third-order valence-corrected chi connectivity index (χ3v) is 8.36. The van der Waals surface area contributed by atoms with Gasteiger partial charge in [-0.2, -0.15) is 10.4 Å². The van der Waals surface area contributed by atoms with E-state index in [1.807, 2.05) is 6.92 Å². The van der Waals surface area contributed by atoms with Crippen molar-refractivity contribution in [3.8, 4) is 6.07 Å². The molecule has 1 N–H and O–H groups in total. The molecule has 8 nitrogen and oxygen atoms in total. The van der Waals surface area contributed by atoms with E-state index in [1.54, 1.807) is 19.2 Å². The second-order valence-corrected chi connectivity index (χ2v) is 10.5. The van der Waals surface area contributed by atoms with E-state index in [9.17, 15) is 18.5 Å². The second-order valence-electron chi connectivity index (χ2n) is 7.42. The highest BCUT2D eigenvalue weighted by atomic mass is 32.2. The van der Waals surface area contributed by atoms with Gasteiger partial charge in [0.05, 0.1) is 16.7 Å². The normalized spacial score (nSPS) is 13.0. The number of amides is 1. The Bertz CT molecular complexity index is 1310. The van der Waals surface area contributed by atoms with Crippen LogP contribution < -0.4 is 9.62 Å². The molecular weight excluding hydrogens is 434 g/mol. The SMILES string of the molecule is Cc1ccc(S(=O)(=O)N(C)c2c(C(=O)Nc3sc4c(c3C#N)CCC4)cnn2C)cc1. The van der Waals surface area contributed by atoms with Gasteiger partial charge in [0, 0.05) is 19.0 Å². The number of anilines is 2. The van der Waals surface area contributed by atoms with Crippen molar-refractivity contribution in [2.45, 2.75) is 31.1 Å². The zero-order valence-electron chi connectivity index (χ0n) is 17.3. The Hall–Kier alpha value is -3.16. The van der Waals surface area contributed by atoms with Gasteiger partial charge in [-0.3, -0.25) is 13.8 Å². The van der Waals surface area contributed by atoms with Crippen LogP contribution in [-0.2, 0) is 29.9 Å². The van der Waals surface area contributed by atoms with Crippen LogP contribution in [0.25, 0.3) is 0 Å². The molecule has 2 heterocycles. The molecule has 0 saturated carbocycles. The number of aromatic nitrogens is 2. The standard InChI is InChI=1S/C21H21N5O3S2/c1-13-7-9-14(10-8-13)31(28,29)26(3)21-17(12-23-25(21)2)19(27)24-20-16(11-22)15-5-4-6-18(15)30-20/h7-10,12H,4-6H2,1-3H3,(H,24,27). The molecule has 1 amide bonds. The average molecular weight is 456 g/mol. The Morgan fingerprint density at radius 2 is 2.00 bits per heavy atom. The summed E-state index contributed by atoms with van der Waals surface area (Å²) in [7, 11) is -0.928. The minimum atomic E-state index is -3.90. The van der Waals surface area contributed by atoms with Gasteiger partial charge in [-0.15, -0.1) is 11.3 Å². The number of nitrogens with one attached hydrogen (secondary N) is 1. The number of fused-ring (bicyclic) bond motifs is 1. The summed E-state index contributed by atoms with van der Waals surface area (Å²) in [5.41, 5.74) is 2.56. The lowest BCUT2D eigenvalue weighted by molar-refractivity contribution is 0.102. The van der Waals surface area contributed by atoms with Gasteiger partial charge in [0.2, 0.25) is 0 Å². The summed E-state index contributed by atoms with van der Waals surface area (Å²) in [5.74, 6) is -0.369. The summed E-state index contributed by atoms with van der Waals surface area (Å²) in [4.78, 5) is 14.3. The van der Waals surface area contributed by atoms with E-state index in [0.29, 0.717) is 10.6 Å². The van der Waals surface area contributed by atoms with Gasteiger partial charge in [0.25, 0.3) is 15.9 Å². The number of nitriles is 1. The monoisotopic (exact) mass is 455 g/mol. The Morgan fingerprint density at radius 3 is 2.68 bits per heavy atom. The first-order valence-corrected chi connectivity index (χ1v) is 11.9. The molecule has 0 spiro atoms. The third-order valence-electron chi connectivity index (χ3n) is 5.39. The van der Waals surface area contributed by atoms with Crippen molar-refractivity contribution in [1.82, 2.24) is 9.78 Å². The fourth-order valence-electron chi connectivity index (χ4n) is 3.73. The first kappa shape index (κ1) is 21.1. The molecule has 1 aromatic carbocycles. The van der Waals surface area contributed by atoms with Crippen molar-refractivity contribution in [3.63, 3.8) is 0 Å². The van der Waals surface area contributed by atoms with Gasteiger partial charge in [-0.25, -0.2) is 8.42 Å². The van der Waals surface area contributed by atoms with Gasteiger partial charge < -0.3 is 5.32 Å². The number of thiophene rings is 1. The molecule has 0 radical (unpaired) electrons. The Kier molecular flexibility index (Phi) is 5.33. The summed E-state index contributed by atoms with van der Waals surface area (Å²) in [5, 5.41) is 17.0. The zero-order chi connectivity index (χ0) is 22.3. The van der Waals surface area contributed by atoms with Crippen LogP contribution in [0.4, 0.5) is 10.8 Å². The number of sulfonamides is 1. The van der Waals surface area contributed by atoms with Gasteiger partial charge >= 0.3 is 0 Å². The van der Waals surface area contributed by atoms with E-state index >= 15 is 0 Å². The van der Waals surface area contributed by atoms with E-state index in [0.717, 1.165) is 39.6 Å². The maximum atomic E-state index is 13.1. The van der Waals surface area contributed by atoms with E-state index in [2.05, 4.69) is 16.5 Å². The highest BCUT2D eigenvalue weighted by molar-refractivity contribution is 7.92. The van der Waals surface area contributed by atoms with Crippen LogP contribution in [0.5, 0.6) is 0 Å². The minimum Gasteiger partial charge on any atom is -0.312 e. The summed E-state index contributed by atoms with van der Waals surface area (Å²) in [6.45, 7) is 1.87. The highest BCUT2D eigenvalue weighted by Crippen LogP contribution is 2.39. The topological polar surface area (TPSA) is 108 Å². The van der Waals surface area contributed by atoms with Gasteiger partial charge in [0.1, 0.15) is 16.6 Å². The van der Waals surface area contributed by atoms with Crippen LogP contribution in [0.1, 0.15) is 38.3 Å². The van der Waals surface area contributed by atoms with Crippen molar-refractivity contribution in [1.29, 1.82) is 5.26 Å². The number of nitrogens with zero attached hydrogens (tertiary/aromatic N) is 4. The molecular formula is C21H21N5O3S2. The molecule has 0 unspecified atom stereocenters. The summed E-state index contributed by atoms with van der Waals surface area (Å²) >= 11 is 1.41. The lowest BCUT2D eigenvalue weighted by Gasteiger charge is -2.21. The lowest BCUT2D eigenvalue weighted by atomic mass is 10.1. The molecule has 1 aliphatic carbocycles. The minimum absolute atomic E-state index is 0.109.